The fraction of sp³-hybridized carbons (Fsp3) is 0.688. The minimum absolute atomic E-state index is 0.805. The van der Waals surface area contributed by atoms with Gasteiger partial charge in [-0.1, -0.05) is 0 Å². The number of aromatic nitrogens is 1. The normalized spacial score (nSPS) is 25.2. The number of likely N-dealkylation sites (tertiary alicyclic amines) is 2. The molecule has 1 atom stereocenters. The summed E-state index contributed by atoms with van der Waals surface area (Å²) in [7, 11) is 0. The van der Waals surface area contributed by atoms with Crippen LogP contribution in [0, 0.1) is 0 Å². The van der Waals surface area contributed by atoms with Crippen LogP contribution in [0.5, 0.6) is 0 Å². The molecule has 0 aliphatic carbocycles. The molecule has 19 heavy (non-hydrogen) atoms. The van der Waals surface area contributed by atoms with E-state index in [4.69, 9.17) is 0 Å². The van der Waals surface area contributed by atoms with Crippen LogP contribution in [-0.4, -0.2) is 53.5 Å². The number of nitrogens with zero attached hydrogens (tertiary/aromatic N) is 3. The van der Waals surface area contributed by atoms with Crippen LogP contribution in [0.25, 0.3) is 0 Å². The molecular formula is C16H25N3. The first kappa shape index (κ1) is 13.1. The lowest BCUT2D eigenvalue weighted by molar-refractivity contribution is 0.193. The number of hydrogen-bond acceptors (Lipinski definition) is 3. The Morgan fingerprint density at radius 1 is 1.05 bits per heavy atom. The van der Waals surface area contributed by atoms with E-state index in [1.807, 2.05) is 12.4 Å². The van der Waals surface area contributed by atoms with Crippen molar-refractivity contribution in [2.24, 2.45) is 0 Å². The predicted octanol–water partition coefficient (Wildman–Crippen LogP) is 2.18. The van der Waals surface area contributed by atoms with Crippen molar-refractivity contribution in [3.8, 4) is 0 Å². The minimum Gasteiger partial charge on any atom is -0.302 e. The highest BCUT2D eigenvalue weighted by atomic mass is 15.2. The second-order valence-corrected chi connectivity index (χ2v) is 5.95. The van der Waals surface area contributed by atoms with Gasteiger partial charge < -0.3 is 4.90 Å². The average molecular weight is 259 g/mol. The molecule has 104 valence electrons. The maximum absolute atomic E-state index is 4.09. The summed E-state index contributed by atoms with van der Waals surface area (Å²) in [4.78, 5) is 9.46. The van der Waals surface area contributed by atoms with E-state index in [-0.39, 0.29) is 0 Å². The van der Waals surface area contributed by atoms with Gasteiger partial charge in [0.1, 0.15) is 0 Å². The molecule has 2 aliphatic rings. The van der Waals surface area contributed by atoms with Gasteiger partial charge in [0.15, 0.2) is 0 Å². The van der Waals surface area contributed by atoms with E-state index >= 15 is 0 Å². The fourth-order valence-electron chi connectivity index (χ4n) is 3.48. The summed E-state index contributed by atoms with van der Waals surface area (Å²) in [5.74, 6) is 0. The van der Waals surface area contributed by atoms with Gasteiger partial charge >= 0.3 is 0 Å². The monoisotopic (exact) mass is 259 g/mol. The summed E-state index contributed by atoms with van der Waals surface area (Å²) in [6.45, 7) is 6.46. The quantitative estimate of drug-likeness (QED) is 0.808. The molecule has 3 nitrogen and oxygen atoms in total. The van der Waals surface area contributed by atoms with Gasteiger partial charge in [-0.15, -0.1) is 0 Å². The topological polar surface area (TPSA) is 19.4 Å². The zero-order valence-electron chi connectivity index (χ0n) is 11.8. The third-order valence-corrected chi connectivity index (χ3v) is 4.60. The second kappa shape index (κ2) is 6.49. The molecule has 0 aromatic carbocycles. The van der Waals surface area contributed by atoms with Crippen LogP contribution < -0.4 is 0 Å². The third kappa shape index (κ3) is 3.54. The van der Waals surface area contributed by atoms with E-state index in [2.05, 4.69) is 26.9 Å². The molecule has 0 bridgehead atoms. The lowest BCUT2D eigenvalue weighted by Crippen LogP contribution is -2.40. The van der Waals surface area contributed by atoms with Gasteiger partial charge in [-0.2, -0.15) is 0 Å². The molecule has 1 aromatic rings. The van der Waals surface area contributed by atoms with Crippen molar-refractivity contribution in [2.75, 3.05) is 32.7 Å². The molecule has 3 rings (SSSR count). The van der Waals surface area contributed by atoms with Gasteiger partial charge in [0, 0.05) is 31.5 Å². The van der Waals surface area contributed by atoms with Gasteiger partial charge in [-0.25, -0.2) is 0 Å². The summed E-state index contributed by atoms with van der Waals surface area (Å²) in [6, 6.07) is 5.09. The van der Waals surface area contributed by atoms with E-state index in [1.165, 1.54) is 70.4 Å². The molecule has 3 heterocycles. The highest BCUT2D eigenvalue weighted by molar-refractivity contribution is 5.10. The second-order valence-electron chi connectivity index (χ2n) is 5.95. The Labute approximate surface area is 116 Å². The lowest BCUT2D eigenvalue weighted by atomic mass is 10.1. The molecule has 0 N–H and O–H groups in total. The van der Waals surface area contributed by atoms with Crippen molar-refractivity contribution in [2.45, 2.75) is 38.1 Å². The molecule has 2 fully saturated rings. The zero-order chi connectivity index (χ0) is 12.9. The smallest absolute Gasteiger partial charge is 0.0270 e. The molecule has 0 radical (unpaired) electrons. The number of hydrogen-bond donors (Lipinski definition) is 0. The highest BCUT2D eigenvalue weighted by Gasteiger charge is 2.26. The molecule has 0 amide bonds. The van der Waals surface area contributed by atoms with Gasteiger partial charge in [0.2, 0.25) is 0 Å². The first-order valence-electron chi connectivity index (χ1n) is 7.77. The summed E-state index contributed by atoms with van der Waals surface area (Å²) in [6.07, 6.45) is 10.6. The van der Waals surface area contributed by atoms with Crippen LogP contribution in [0.15, 0.2) is 24.5 Å². The molecule has 3 heteroatoms. The molecule has 0 unspecified atom stereocenters. The van der Waals surface area contributed by atoms with Gasteiger partial charge in [-0.3, -0.25) is 9.88 Å². The summed E-state index contributed by atoms with van der Waals surface area (Å²) in [5.41, 5.74) is 1.42. The van der Waals surface area contributed by atoms with E-state index in [0.29, 0.717) is 0 Å². The Morgan fingerprint density at radius 2 is 1.84 bits per heavy atom. The Morgan fingerprint density at radius 3 is 2.63 bits per heavy atom. The molecule has 2 saturated heterocycles. The fourth-order valence-corrected chi connectivity index (χ4v) is 3.48. The molecular weight excluding hydrogens is 234 g/mol. The first-order valence-corrected chi connectivity index (χ1v) is 7.77. The lowest BCUT2D eigenvalue weighted by Gasteiger charge is -2.28. The van der Waals surface area contributed by atoms with E-state index in [0.717, 1.165) is 6.04 Å². The SMILES string of the molecule is c1cc(CCN2CCC[C@H]2CN2CCCC2)ccn1. The Kier molecular flexibility index (Phi) is 4.46. The van der Waals surface area contributed by atoms with E-state index in [1.54, 1.807) is 0 Å². The van der Waals surface area contributed by atoms with Crippen LogP contribution >= 0.6 is 0 Å². The molecule has 0 saturated carbocycles. The number of rotatable bonds is 5. The average Bonchev–Trinajstić information content (AvgIpc) is 3.10. The van der Waals surface area contributed by atoms with Gasteiger partial charge in [0.05, 0.1) is 0 Å². The standard InChI is InChI=1S/C16H25N3/c1-2-11-18(10-1)14-16-4-3-12-19(16)13-7-15-5-8-17-9-6-15/h5-6,8-9,16H,1-4,7,10-14H2/t16-/m0/s1. The largest absolute Gasteiger partial charge is 0.302 e. The Bertz CT molecular complexity index is 373. The number of pyridine rings is 1. The molecule has 2 aliphatic heterocycles. The van der Waals surface area contributed by atoms with Crippen LogP contribution in [0.4, 0.5) is 0 Å². The summed E-state index contributed by atoms with van der Waals surface area (Å²) in [5, 5.41) is 0. The van der Waals surface area contributed by atoms with Crippen molar-refractivity contribution in [3.05, 3.63) is 30.1 Å². The van der Waals surface area contributed by atoms with Crippen molar-refractivity contribution < 1.29 is 0 Å². The maximum Gasteiger partial charge on any atom is 0.0270 e. The zero-order valence-corrected chi connectivity index (χ0v) is 11.8. The molecule has 1 aromatic heterocycles. The van der Waals surface area contributed by atoms with Crippen LogP contribution in [0.1, 0.15) is 31.2 Å². The maximum atomic E-state index is 4.09. The summed E-state index contributed by atoms with van der Waals surface area (Å²) >= 11 is 0. The van der Waals surface area contributed by atoms with Gasteiger partial charge in [-0.05, 0) is 69.4 Å². The molecule has 0 spiro atoms. The predicted molar refractivity (Wildman–Crippen MR) is 78.2 cm³/mol. The summed E-state index contributed by atoms with van der Waals surface area (Å²) < 4.78 is 0. The van der Waals surface area contributed by atoms with Crippen LogP contribution in [0.2, 0.25) is 0 Å². The van der Waals surface area contributed by atoms with Crippen LogP contribution in [0.3, 0.4) is 0 Å². The minimum atomic E-state index is 0.805. The highest BCUT2D eigenvalue weighted by Crippen LogP contribution is 2.20. The van der Waals surface area contributed by atoms with Crippen LogP contribution in [-0.2, 0) is 6.42 Å². The Hall–Kier alpha value is -0.930. The van der Waals surface area contributed by atoms with Crippen molar-refractivity contribution in [1.29, 1.82) is 0 Å². The van der Waals surface area contributed by atoms with Crippen molar-refractivity contribution in [1.82, 2.24) is 14.8 Å². The van der Waals surface area contributed by atoms with Crippen molar-refractivity contribution in [3.63, 3.8) is 0 Å². The van der Waals surface area contributed by atoms with Gasteiger partial charge in [0.25, 0.3) is 0 Å². The first-order chi connectivity index (χ1) is 9.42. The van der Waals surface area contributed by atoms with Crippen molar-refractivity contribution >= 4 is 0 Å². The Balaban J connectivity index is 1.48. The van der Waals surface area contributed by atoms with E-state index in [9.17, 15) is 0 Å². The third-order valence-electron chi connectivity index (χ3n) is 4.60. The van der Waals surface area contributed by atoms with E-state index < -0.39 is 0 Å².